The van der Waals surface area contributed by atoms with Crippen LogP contribution in [-0.4, -0.2) is 36.7 Å². The smallest absolute Gasteiger partial charge is 0.328 e. The molecule has 0 unspecified atom stereocenters. The lowest BCUT2D eigenvalue weighted by atomic mass is 10.0. The van der Waals surface area contributed by atoms with Crippen molar-refractivity contribution < 1.29 is 19.4 Å². The molecule has 5 nitrogen and oxygen atoms in total. The summed E-state index contributed by atoms with van der Waals surface area (Å²) in [5.41, 5.74) is 1.18. The van der Waals surface area contributed by atoms with Crippen LogP contribution in [0.4, 0.5) is 0 Å². The van der Waals surface area contributed by atoms with E-state index >= 15 is 0 Å². The fourth-order valence-electron chi connectivity index (χ4n) is 1.79. The minimum atomic E-state index is -0.701. The van der Waals surface area contributed by atoms with E-state index in [0.29, 0.717) is 6.42 Å². The van der Waals surface area contributed by atoms with E-state index in [4.69, 9.17) is 5.11 Å². The SMILES string of the molecule is COC(=O)[C@@H](CCCc1ccccc1)NC(=O)CO. The van der Waals surface area contributed by atoms with Gasteiger partial charge in [-0.05, 0) is 24.8 Å². The Labute approximate surface area is 112 Å². The molecular formula is C14H19NO4. The summed E-state index contributed by atoms with van der Waals surface area (Å²) in [5.74, 6) is -1.06. The number of carbonyl (C=O) groups excluding carboxylic acids is 2. The van der Waals surface area contributed by atoms with Crippen LogP contribution >= 0.6 is 0 Å². The Morgan fingerprint density at radius 1 is 1.32 bits per heavy atom. The molecule has 0 radical (unpaired) electrons. The molecule has 0 aromatic heterocycles. The van der Waals surface area contributed by atoms with Crippen molar-refractivity contribution in [1.29, 1.82) is 0 Å². The quantitative estimate of drug-likeness (QED) is 0.710. The Morgan fingerprint density at radius 2 is 2.00 bits per heavy atom. The molecular weight excluding hydrogens is 246 g/mol. The van der Waals surface area contributed by atoms with E-state index in [1.54, 1.807) is 0 Å². The van der Waals surface area contributed by atoms with Gasteiger partial charge in [0.15, 0.2) is 0 Å². The summed E-state index contributed by atoms with van der Waals surface area (Å²) in [6, 6.07) is 9.19. The number of benzene rings is 1. The van der Waals surface area contributed by atoms with E-state index in [2.05, 4.69) is 10.1 Å². The van der Waals surface area contributed by atoms with Crippen LogP contribution in [0, 0.1) is 0 Å². The third-order valence-corrected chi connectivity index (χ3v) is 2.77. The molecule has 0 bridgehead atoms. The lowest BCUT2D eigenvalue weighted by Gasteiger charge is -2.15. The first-order chi connectivity index (χ1) is 9.17. The van der Waals surface area contributed by atoms with Gasteiger partial charge in [-0.1, -0.05) is 30.3 Å². The number of esters is 1. The van der Waals surface area contributed by atoms with Gasteiger partial charge in [0.25, 0.3) is 0 Å². The summed E-state index contributed by atoms with van der Waals surface area (Å²) in [5, 5.41) is 11.1. The van der Waals surface area contributed by atoms with Crippen molar-refractivity contribution in [1.82, 2.24) is 5.32 Å². The summed E-state index contributed by atoms with van der Waals surface area (Å²) in [7, 11) is 1.28. The zero-order chi connectivity index (χ0) is 14.1. The Hall–Kier alpha value is -1.88. The fraction of sp³-hybridized carbons (Fsp3) is 0.429. The van der Waals surface area contributed by atoms with E-state index < -0.39 is 24.5 Å². The highest BCUT2D eigenvalue weighted by molar-refractivity contribution is 5.84. The third kappa shape index (κ3) is 5.52. The average molecular weight is 265 g/mol. The molecule has 0 saturated heterocycles. The van der Waals surface area contributed by atoms with Gasteiger partial charge < -0.3 is 15.2 Å². The maximum Gasteiger partial charge on any atom is 0.328 e. The summed E-state index contributed by atoms with van der Waals surface area (Å²) in [6.07, 6.45) is 2.05. The van der Waals surface area contributed by atoms with E-state index in [1.165, 1.54) is 12.7 Å². The summed E-state index contributed by atoms with van der Waals surface area (Å²) >= 11 is 0. The lowest BCUT2D eigenvalue weighted by Crippen LogP contribution is -2.42. The van der Waals surface area contributed by atoms with Gasteiger partial charge in [0.2, 0.25) is 5.91 Å². The van der Waals surface area contributed by atoms with Crippen LogP contribution in [0.5, 0.6) is 0 Å². The van der Waals surface area contributed by atoms with Crippen LogP contribution in [0.25, 0.3) is 0 Å². The number of methoxy groups -OCH3 is 1. The molecule has 0 spiro atoms. The molecule has 0 aliphatic heterocycles. The van der Waals surface area contributed by atoms with Crippen LogP contribution in [-0.2, 0) is 20.7 Å². The Bertz CT molecular complexity index is 405. The van der Waals surface area contributed by atoms with Crippen molar-refractivity contribution in [3.05, 3.63) is 35.9 Å². The zero-order valence-corrected chi connectivity index (χ0v) is 11.0. The number of rotatable bonds is 7. The predicted molar refractivity (Wildman–Crippen MR) is 70.4 cm³/mol. The van der Waals surface area contributed by atoms with E-state index in [1.807, 2.05) is 30.3 Å². The Morgan fingerprint density at radius 3 is 2.58 bits per heavy atom. The molecule has 0 aliphatic rings. The molecule has 1 rings (SSSR count). The van der Waals surface area contributed by atoms with E-state index in [-0.39, 0.29) is 0 Å². The number of aliphatic hydroxyl groups excluding tert-OH is 1. The minimum absolute atomic E-state index is 0.479. The van der Waals surface area contributed by atoms with Gasteiger partial charge in [0.05, 0.1) is 7.11 Å². The zero-order valence-electron chi connectivity index (χ0n) is 11.0. The maximum absolute atomic E-state index is 11.5. The number of aryl methyl sites for hydroxylation is 1. The first-order valence-electron chi connectivity index (χ1n) is 6.19. The number of carbonyl (C=O) groups is 2. The lowest BCUT2D eigenvalue weighted by molar-refractivity contribution is -0.145. The molecule has 0 heterocycles. The van der Waals surface area contributed by atoms with Crippen molar-refractivity contribution in [2.75, 3.05) is 13.7 Å². The molecule has 1 atom stereocenters. The molecule has 2 N–H and O–H groups in total. The maximum atomic E-state index is 11.5. The van der Waals surface area contributed by atoms with Gasteiger partial charge >= 0.3 is 5.97 Å². The highest BCUT2D eigenvalue weighted by Gasteiger charge is 2.20. The molecule has 5 heteroatoms. The van der Waals surface area contributed by atoms with Gasteiger partial charge in [0, 0.05) is 0 Å². The molecule has 1 aromatic carbocycles. The van der Waals surface area contributed by atoms with Crippen LogP contribution < -0.4 is 5.32 Å². The standard InChI is InChI=1S/C14H19NO4/c1-19-14(18)12(15-13(17)10-16)9-5-8-11-6-3-2-4-7-11/h2-4,6-7,12,16H,5,8-10H2,1H3,(H,15,17)/t12-/m1/s1. The molecule has 104 valence electrons. The van der Waals surface area contributed by atoms with Gasteiger partial charge in [0.1, 0.15) is 12.6 Å². The first-order valence-corrected chi connectivity index (χ1v) is 6.19. The number of ether oxygens (including phenoxy) is 1. The highest BCUT2D eigenvalue weighted by atomic mass is 16.5. The second-order valence-corrected chi connectivity index (χ2v) is 4.18. The second-order valence-electron chi connectivity index (χ2n) is 4.18. The van der Waals surface area contributed by atoms with Crippen LogP contribution in [0.2, 0.25) is 0 Å². The van der Waals surface area contributed by atoms with Crippen molar-refractivity contribution >= 4 is 11.9 Å². The normalized spacial score (nSPS) is 11.7. The summed E-state index contributed by atoms with van der Waals surface area (Å²) < 4.78 is 4.63. The van der Waals surface area contributed by atoms with Gasteiger partial charge in [-0.15, -0.1) is 0 Å². The average Bonchev–Trinajstić information content (AvgIpc) is 2.46. The van der Waals surface area contributed by atoms with Crippen LogP contribution in [0.15, 0.2) is 30.3 Å². The largest absolute Gasteiger partial charge is 0.467 e. The highest BCUT2D eigenvalue weighted by Crippen LogP contribution is 2.07. The molecule has 0 fully saturated rings. The Balaban J connectivity index is 2.44. The number of nitrogens with one attached hydrogen (secondary N) is 1. The number of hydrogen-bond acceptors (Lipinski definition) is 4. The topological polar surface area (TPSA) is 75.6 Å². The monoisotopic (exact) mass is 265 g/mol. The van der Waals surface area contributed by atoms with Crippen molar-refractivity contribution in [3.8, 4) is 0 Å². The van der Waals surface area contributed by atoms with Crippen LogP contribution in [0.1, 0.15) is 18.4 Å². The van der Waals surface area contributed by atoms with Crippen molar-refractivity contribution in [3.63, 3.8) is 0 Å². The fourth-order valence-corrected chi connectivity index (χ4v) is 1.79. The minimum Gasteiger partial charge on any atom is -0.467 e. The third-order valence-electron chi connectivity index (χ3n) is 2.77. The van der Waals surface area contributed by atoms with Gasteiger partial charge in [-0.3, -0.25) is 4.79 Å². The Kier molecular flexibility index (Phi) is 6.60. The molecule has 19 heavy (non-hydrogen) atoms. The van der Waals surface area contributed by atoms with E-state index in [0.717, 1.165) is 12.8 Å². The summed E-state index contributed by atoms with van der Waals surface area (Å²) in [6.45, 7) is -0.633. The van der Waals surface area contributed by atoms with Crippen molar-refractivity contribution in [2.45, 2.75) is 25.3 Å². The number of aliphatic hydroxyl groups is 1. The van der Waals surface area contributed by atoms with Crippen molar-refractivity contribution in [2.24, 2.45) is 0 Å². The predicted octanol–water partition coefficient (Wildman–Crippen LogP) is 0.659. The molecule has 0 aliphatic carbocycles. The summed E-state index contributed by atoms with van der Waals surface area (Å²) in [4.78, 5) is 22.6. The molecule has 0 saturated carbocycles. The first kappa shape index (κ1) is 15.2. The molecule has 1 aromatic rings. The molecule has 1 amide bonds. The number of amides is 1. The second kappa shape index (κ2) is 8.26. The van der Waals surface area contributed by atoms with Gasteiger partial charge in [-0.2, -0.15) is 0 Å². The van der Waals surface area contributed by atoms with Crippen LogP contribution in [0.3, 0.4) is 0 Å². The van der Waals surface area contributed by atoms with Gasteiger partial charge in [-0.25, -0.2) is 4.79 Å². The number of hydrogen-bond donors (Lipinski definition) is 2. The van der Waals surface area contributed by atoms with E-state index in [9.17, 15) is 9.59 Å².